The van der Waals surface area contributed by atoms with E-state index in [2.05, 4.69) is 15.9 Å². The van der Waals surface area contributed by atoms with E-state index in [1.54, 1.807) is 26.8 Å². The molecule has 4 aliphatic rings. The quantitative estimate of drug-likeness (QED) is 0.265. The van der Waals surface area contributed by atoms with Crippen LogP contribution in [0.25, 0.3) is 11.1 Å². The Morgan fingerprint density at radius 2 is 1.66 bits per heavy atom. The van der Waals surface area contributed by atoms with Gasteiger partial charge in [0.25, 0.3) is 5.91 Å². The second kappa shape index (κ2) is 12.7. The number of hydrogen-bond acceptors (Lipinski definition) is 7. The van der Waals surface area contributed by atoms with Crippen molar-refractivity contribution in [3.05, 3.63) is 83.5 Å². The fourth-order valence-electron chi connectivity index (χ4n) is 6.51. The number of amides is 3. The smallest absolute Gasteiger partial charge is 0.426 e. The molecule has 2 aromatic rings. The summed E-state index contributed by atoms with van der Waals surface area (Å²) in [5, 5.41) is 18.6. The number of hydrogen-bond donors (Lipinski definition) is 3. The average molecular weight is 641 g/mol. The van der Waals surface area contributed by atoms with E-state index < -0.39 is 47.0 Å². The highest BCUT2D eigenvalue weighted by Gasteiger charge is 2.61. The van der Waals surface area contributed by atoms with Crippen molar-refractivity contribution < 1.29 is 33.9 Å². The number of hydrazine groups is 1. The van der Waals surface area contributed by atoms with Crippen molar-refractivity contribution >= 4 is 29.6 Å². The van der Waals surface area contributed by atoms with Crippen molar-refractivity contribution in [3.63, 3.8) is 0 Å². The Labute approximate surface area is 273 Å². The maximum Gasteiger partial charge on any atom is 0.426 e. The molecule has 0 radical (unpaired) electrons. The molecule has 3 amide bonds. The number of benzene rings is 2. The molecule has 6 rings (SSSR count). The summed E-state index contributed by atoms with van der Waals surface area (Å²) in [6.07, 6.45) is 7.04. The lowest BCUT2D eigenvalue weighted by Crippen LogP contribution is -2.51. The van der Waals surface area contributed by atoms with Gasteiger partial charge >= 0.3 is 12.1 Å². The van der Waals surface area contributed by atoms with Crippen LogP contribution in [0.2, 0.25) is 0 Å². The molecule has 1 saturated carbocycles. The molecule has 1 aliphatic heterocycles. The fraction of sp³-hybridized carbons (Fsp3) is 0.417. The zero-order valence-corrected chi connectivity index (χ0v) is 26.8. The lowest BCUT2D eigenvalue weighted by Gasteiger charge is -2.28. The Bertz CT molecular complexity index is 1640. The molecule has 11 nitrogen and oxygen atoms in total. The molecule has 2 aromatic carbocycles. The highest BCUT2D eigenvalue weighted by atomic mass is 16.6. The second-order valence-corrected chi connectivity index (χ2v) is 13.5. The summed E-state index contributed by atoms with van der Waals surface area (Å²) in [6, 6.07) is 15.8. The Kier molecular flexibility index (Phi) is 8.65. The SMILES string of the molecule is CC(C)(C)OC(=O)NN1CCCCC/C=C\[C@H]2C[C@@]2(C(=O)O)NC(=O)[C@@H]2C[C@@H](ON=C3c4ccccc4-c4ccccc43)C=C2C1=O. The minimum absolute atomic E-state index is 0.0590. The van der Waals surface area contributed by atoms with Crippen molar-refractivity contribution in [2.45, 2.75) is 76.5 Å². The standard InChI is InChI=1S/C36H40N4O7/c1-35(2,3)46-34(45)38-40-18-12-6-4-5-7-13-22-21-36(22,33(43)44)37-31(41)28-19-23(20-29(28)32(40)42)47-39-30-26-16-10-8-14-24(26)25-15-9-11-17-27(25)30/h7-11,13-17,20,22-23,28H,4-6,12,18-19,21H2,1-3H3,(H,37,41)(H,38,45)(H,43,44)/b13-7-/t22-,23+,28+,36+/m0/s1. The van der Waals surface area contributed by atoms with E-state index in [0.29, 0.717) is 12.1 Å². The van der Waals surface area contributed by atoms with E-state index >= 15 is 0 Å². The molecule has 246 valence electrons. The van der Waals surface area contributed by atoms with Crippen LogP contribution < -0.4 is 10.7 Å². The zero-order valence-electron chi connectivity index (χ0n) is 26.8. The van der Waals surface area contributed by atoms with Crippen molar-refractivity contribution in [1.29, 1.82) is 0 Å². The molecule has 1 fully saturated rings. The summed E-state index contributed by atoms with van der Waals surface area (Å²) >= 11 is 0. The number of carboxylic acid groups (broad SMARTS) is 1. The van der Waals surface area contributed by atoms with Crippen molar-refractivity contribution in [3.8, 4) is 11.1 Å². The molecule has 0 unspecified atom stereocenters. The number of nitrogens with one attached hydrogen (secondary N) is 2. The Balaban J connectivity index is 1.31. The normalized spacial score (nSPS) is 26.2. The first-order valence-corrected chi connectivity index (χ1v) is 16.1. The Hall–Kier alpha value is -4.93. The van der Waals surface area contributed by atoms with Gasteiger partial charge in [0.15, 0.2) is 0 Å². The van der Waals surface area contributed by atoms with Crippen LogP contribution in [0, 0.1) is 11.8 Å². The number of allylic oxidation sites excluding steroid dienone is 1. The second-order valence-electron chi connectivity index (χ2n) is 13.5. The third-order valence-corrected chi connectivity index (χ3v) is 8.94. The Morgan fingerprint density at radius 1 is 1.00 bits per heavy atom. The van der Waals surface area contributed by atoms with Gasteiger partial charge in [-0.05, 0) is 63.7 Å². The van der Waals surface area contributed by atoms with E-state index in [9.17, 15) is 24.3 Å². The zero-order chi connectivity index (χ0) is 33.3. The third kappa shape index (κ3) is 6.65. The van der Waals surface area contributed by atoms with E-state index in [1.165, 1.54) is 5.01 Å². The average Bonchev–Trinajstić information content (AvgIpc) is 3.40. The molecule has 0 aromatic heterocycles. The summed E-state index contributed by atoms with van der Waals surface area (Å²) < 4.78 is 5.42. The first kappa shape index (κ1) is 32.0. The van der Waals surface area contributed by atoms with Crippen molar-refractivity contribution in [2.24, 2.45) is 17.0 Å². The molecule has 47 heavy (non-hydrogen) atoms. The van der Waals surface area contributed by atoms with E-state index in [4.69, 9.17) is 9.57 Å². The largest absolute Gasteiger partial charge is 0.479 e. The van der Waals surface area contributed by atoms with Crippen LogP contribution in [-0.4, -0.2) is 63.5 Å². The molecule has 3 aliphatic carbocycles. The van der Waals surface area contributed by atoms with Gasteiger partial charge in [0.05, 0.1) is 5.92 Å². The van der Waals surface area contributed by atoms with Crippen molar-refractivity contribution in [2.75, 3.05) is 6.54 Å². The van der Waals surface area contributed by atoms with Gasteiger partial charge in [0.1, 0.15) is 23.0 Å². The lowest BCUT2D eigenvalue weighted by molar-refractivity contribution is -0.144. The highest BCUT2D eigenvalue weighted by molar-refractivity contribution is 6.24. The van der Waals surface area contributed by atoms with Crippen LogP contribution in [0.15, 0.2) is 77.5 Å². The minimum atomic E-state index is -1.44. The monoisotopic (exact) mass is 640 g/mol. The molecule has 0 spiro atoms. The minimum Gasteiger partial charge on any atom is -0.479 e. The number of oxime groups is 1. The molecule has 11 heteroatoms. The molecular weight excluding hydrogens is 600 g/mol. The van der Waals surface area contributed by atoms with E-state index in [0.717, 1.165) is 41.5 Å². The highest BCUT2D eigenvalue weighted by Crippen LogP contribution is 2.46. The number of ether oxygens (including phenoxy) is 1. The predicted molar refractivity (Wildman–Crippen MR) is 174 cm³/mol. The van der Waals surface area contributed by atoms with Gasteiger partial charge in [-0.3, -0.25) is 9.59 Å². The summed E-state index contributed by atoms with van der Waals surface area (Å²) in [5.41, 5.74) is 4.96. The number of rotatable bonds is 4. The van der Waals surface area contributed by atoms with Crippen LogP contribution in [0.4, 0.5) is 4.79 Å². The van der Waals surface area contributed by atoms with Gasteiger partial charge < -0.3 is 20.0 Å². The summed E-state index contributed by atoms with van der Waals surface area (Å²) in [4.78, 5) is 59.2. The maximum atomic E-state index is 14.1. The topological polar surface area (TPSA) is 147 Å². The van der Waals surface area contributed by atoms with Crippen LogP contribution >= 0.6 is 0 Å². The maximum absolute atomic E-state index is 14.1. The van der Waals surface area contributed by atoms with Crippen LogP contribution in [0.3, 0.4) is 0 Å². The number of carboxylic acids is 1. The summed E-state index contributed by atoms with van der Waals surface area (Å²) in [7, 11) is 0. The van der Waals surface area contributed by atoms with E-state index in [1.807, 2.05) is 60.7 Å². The Morgan fingerprint density at radius 3 is 2.30 bits per heavy atom. The number of carbonyl (C=O) groups excluding carboxylic acids is 3. The first-order chi connectivity index (χ1) is 22.5. The number of aliphatic carboxylic acids is 1. The molecular formula is C36H40N4O7. The molecule has 4 atom stereocenters. The van der Waals surface area contributed by atoms with Gasteiger partial charge in [-0.15, -0.1) is 0 Å². The number of carbonyl (C=O) groups is 4. The van der Waals surface area contributed by atoms with Gasteiger partial charge in [0.2, 0.25) is 5.91 Å². The summed E-state index contributed by atoms with van der Waals surface area (Å²) in [6.45, 7) is 5.36. The van der Waals surface area contributed by atoms with Crippen LogP contribution in [0.5, 0.6) is 0 Å². The van der Waals surface area contributed by atoms with Crippen LogP contribution in [-0.2, 0) is 24.0 Å². The van der Waals surface area contributed by atoms with Gasteiger partial charge in [-0.2, -0.15) is 0 Å². The third-order valence-electron chi connectivity index (χ3n) is 8.94. The number of nitrogens with zero attached hydrogens (tertiary/aromatic N) is 2. The van der Waals surface area contributed by atoms with Gasteiger partial charge in [-0.25, -0.2) is 20.0 Å². The molecule has 3 N–H and O–H groups in total. The van der Waals surface area contributed by atoms with Gasteiger partial charge in [-0.1, -0.05) is 72.3 Å². The van der Waals surface area contributed by atoms with Gasteiger partial charge in [0, 0.05) is 35.6 Å². The molecule has 0 saturated heterocycles. The first-order valence-electron chi connectivity index (χ1n) is 16.1. The van der Waals surface area contributed by atoms with Crippen molar-refractivity contribution in [1.82, 2.24) is 15.8 Å². The molecule has 1 heterocycles. The van der Waals surface area contributed by atoms with Crippen LogP contribution in [0.1, 0.15) is 70.4 Å². The van der Waals surface area contributed by atoms with E-state index in [-0.39, 0.29) is 30.9 Å². The molecule has 0 bridgehead atoms. The number of fused-ring (bicyclic) bond motifs is 5. The lowest BCUT2D eigenvalue weighted by atomic mass is 9.98. The summed E-state index contributed by atoms with van der Waals surface area (Å²) in [5.74, 6) is -3.68. The fourth-order valence-corrected chi connectivity index (χ4v) is 6.51. The predicted octanol–water partition coefficient (Wildman–Crippen LogP) is 5.11.